The van der Waals surface area contributed by atoms with Crippen molar-refractivity contribution in [2.24, 2.45) is 5.92 Å². The average molecular weight is 193 g/mol. The fourth-order valence-electron chi connectivity index (χ4n) is 2.81. The number of nitrogens with one attached hydrogen (secondary N) is 1. The van der Waals surface area contributed by atoms with Crippen molar-refractivity contribution in [1.82, 2.24) is 15.1 Å². The van der Waals surface area contributed by atoms with Gasteiger partial charge in [0.1, 0.15) is 0 Å². The standard InChI is InChI=1S/C10H15N3O/c14-2-1-13-10-3-7-4-11-5-8(7)9(10)6-12-13/h6-8,11,14H,1-5H2. The number of hydrogen-bond acceptors (Lipinski definition) is 3. The summed E-state index contributed by atoms with van der Waals surface area (Å²) in [6.45, 7) is 3.06. The highest BCUT2D eigenvalue weighted by Gasteiger charge is 2.38. The molecule has 0 spiro atoms. The van der Waals surface area contributed by atoms with E-state index >= 15 is 0 Å². The first kappa shape index (κ1) is 8.44. The van der Waals surface area contributed by atoms with Crippen molar-refractivity contribution in [1.29, 1.82) is 0 Å². The van der Waals surface area contributed by atoms with Crippen molar-refractivity contribution < 1.29 is 5.11 Å². The number of rotatable bonds is 2. The Morgan fingerprint density at radius 3 is 3.36 bits per heavy atom. The van der Waals surface area contributed by atoms with Crippen molar-refractivity contribution in [2.45, 2.75) is 18.9 Å². The summed E-state index contributed by atoms with van der Waals surface area (Å²) < 4.78 is 1.97. The highest BCUT2D eigenvalue weighted by molar-refractivity contribution is 5.32. The molecule has 1 aliphatic heterocycles. The molecule has 0 saturated carbocycles. The molecule has 3 rings (SSSR count). The topological polar surface area (TPSA) is 50.1 Å². The predicted octanol–water partition coefficient (Wildman–Crippen LogP) is -0.266. The van der Waals surface area contributed by atoms with E-state index in [0.717, 1.165) is 25.4 Å². The molecule has 2 atom stereocenters. The van der Waals surface area contributed by atoms with E-state index in [0.29, 0.717) is 12.5 Å². The summed E-state index contributed by atoms with van der Waals surface area (Å²) >= 11 is 0. The van der Waals surface area contributed by atoms with Crippen LogP contribution in [0.25, 0.3) is 0 Å². The second-order valence-corrected chi connectivity index (χ2v) is 4.22. The summed E-state index contributed by atoms with van der Waals surface area (Å²) in [5.41, 5.74) is 2.77. The molecule has 1 aromatic heterocycles. The van der Waals surface area contributed by atoms with Crippen LogP contribution in [0.4, 0.5) is 0 Å². The summed E-state index contributed by atoms with van der Waals surface area (Å²) in [7, 11) is 0. The molecule has 1 aromatic rings. The van der Waals surface area contributed by atoms with Gasteiger partial charge in [-0.05, 0) is 24.4 Å². The molecule has 2 unspecified atom stereocenters. The van der Waals surface area contributed by atoms with E-state index in [-0.39, 0.29) is 6.61 Å². The number of hydrogen-bond donors (Lipinski definition) is 2. The lowest BCUT2D eigenvalue weighted by Gasteiger charge is -2.06. The van der Waals surface area contributed by atoms with Crippen LogP contribution in [0.15, 0.2) is 6.20 Å². The van der Waals surface area contributed by atoms with Gasteiger partial charge in [-0.3, -0.25) is 4.68 Å². The van der Waals surface area contributed by atoms with Crippen LogP contribution < -0.4 is 5.32 Å². The van der Waals surface area contributed by atoms with Crippen LogP contribution in [0, 0.1) is 5.92 Å². The van der Waals surface area contributed by atoms with Gasteiger partial charge in [-0.2, -0.15) is 5.10 Å². The second-order valence-electron chi connectivity index (χ2n) is 4.22. The largest absolute Gasteiger partial charge is 0.394 e. The Morgan fingerprint density at radius 2 is 2.50 bits per heavy atom. The Bertz CT molecular complexity index is 347. The normalized spacial score (nSPS) is 29.2. The number of aliphatic hydroxyl groups excluding tert-OH is 1. The van der Waals surface area contributed by atoms with Gasteiger partial charge in [-0.1, -0.05) is 0 Å². The van der Waals surface area contributed by atoms with Crippen LogP contribution >= 0.6 is 0 Å². The zero-order chi connectivity index (χ0) is 9.54. The zero-order valence-corrected chi connectivity index (χ0v) is 8.11. The number of fused-ring (bicyclic) bond motifs is 3. The Hall–Kier alpha value is -0.870. The van der Waals surface area contributed by atoms with Gasteiger partial charge in [0.05, 0.1) is 19.3 Å². The number of nitrogens with zero attached hydrogens (tertiary/aromatic N) is 2. The van der Waals surface area contributed by atoms with Crippen molar-refractivity contribution in [3.05, 3.63) is 17.5 Å². The van der Waals surface area contributed by atoms with E-state index < -0.39 is 0 Å². The van der Waals surface area contributed by atoms with Crippen LogP contribution in [0.1, 0.15) is 17.2 Å². The molecular weight excluding hydrogens is 178 g/mol. The highest BCUT2D eigenvalue weighted by atomic mass is 16.3. The molecule has 76 valence electrons. The third-order valence-corrected chi connectivity index (χ3v) is 3.49. The molecule has 4 heteroatoms. The Kier molecular flexibility index (Phi) is 1.85. The maximum absolute atomic E-state index is 8.90. The molecular formula is C10H15N3O. The molecule has 1 fully saturated rings. The lowest BCUT2D eigenvalue weighted by atomic mass is 9.98. The highest BCUT2D eigenvalue weighted by Crippen LogP contribution is 2.39. The van der Waals surface area contributed by atoms with Crippen molar-refractivity contribution >= 4 is 0 Å². The third kappa shape index (κ3) is 1.04. The lowest BCUT2D eigenvalue weighted by Crippen LogP contribution is -2.13. The maximum atomic E-state index is 8.90. The summed E-state index contributed by atoms with van der Waals surface area (Å²) in [4.78, 5) is 0. The van der Waals surface area contributed by atoms with Gasteiger partial charge < -0.3 is 10.4 Å². The van der Waals surface area contributed by atoms with E-state index in [2.05, 4.69) is 10.4 Å². The van der Waals surface area contributed by atoms with E-state index in [1.54, 1.807) is 0 Å². The van der Waals surface area contributed by atoms with Crippen molar-refractivity contribution in [3.8, 4) is 0 Å². The first-order chi connectivity index (χ1) is 6.90. The van der Waals surface area contributed by atoms with E-state index in [1.165, 1.54) is 11.3 Å². The molecule has 14 heavy (non-hydrogen) atoms. The van der Waals surface area contributed by atoms with E-state index in [1.807, 2.05) is 10.9 Å². The molecule has 1 saturated heterocycles. The van der Waals surface area contributed by atoms with Crippen LogP contribution in [-0.2, 0) is 13.0 Å². The van der Waals surface area contributed by atoms with Crippen LogP contribution in [0.2, 0.25) is 0 Å². The second kappa shape index (κ2) is 3.07. The predicted molar refractivity (Wildman–Crippen MR) is 52.1 cm³/mol. The molecule has 1 aliphatic carbocycles. The SMILES string of the molecule is OCCn1ncc2c1CC1CNCC21. The first-order valence-electron chi connectivity index (χ1n) is 5.26. The van der Waals surface area contributed by atoms with Gasteiger partial charge in [0.15, 0.2) is 0 Å². The van der Waals surface area contributed by atoms with Crippen LogP contribution in [0.5, 0.6) is 0 Å². The minimum atomic E-state index is 0.182. The maximum Gasteiger partial charge on any atom is 0.0644 e. The van der Waals surface area contributed by atoms with Crippen LogP contribution in [0.3, 0.4) is 0 Å². The molecule has 0 aromatic carbocycles. The molecule has 2 N–H and O–H groups in total. The Balaban J connectivity index is 1.94. The molecule has 0 amide bonds. The van der Waals surface area contributed by atoms with Gasteiger partial charge in [-0.25, -0.2) is 0 Å². The fourth-order valence-corrected chi connectivity index (χ4v) is 2.81. The molecule has 2 aliphatic rings. The Morgan fingerprint density at radius 1 is 1.57 bits per heavy atom. The minimum Gasteiger partial charge on any atom is -0.394 e. The van der Waals surface area contributed by atoms with Gasteiger partial charge in [0, 0.05) is 18.2 Å². The van der Waals surface area contributed by atoms with Crippen molar-refractivity contribution in [2.75, 3.05) is 19.7 Å². The van der Waals surface area contributed by atoms with Gasteiger partial charge in [0.2, 0.25) is 0 Å². The number of aliphatic hydroxyl groups is 1. The number of aromatic nitrogens is 2. The lowest BCUT2D eigenvalue weighted by molar-refractivity contribution is 0.267. The van der Waals surface area contributed by atoms with E-state index in [9.17, 15) is 0 Å². The molecule has 0 radical (unpaired) electrons. The van der Waals surface area contributed by atoms with E-state index in [4.69, 9.17) is 5.11 Å². The molecule has 2 heterocycles. The fraction of sp³-hybridized carbons (Fsp3) is 0.700. The summed E-state index contributed by atoms with van der Waals surface area (Å²) in [6, 6.07) is 0. The van der Waals surface area contributed by atoms with Gasteiger partial charge in [0.25, 0.3) is 0 Å². The third-order valence-electron chi connectivity index (χ3n) is 3.49. The quantitative estimate of drug-likeness (QED) is 0.680. The summed E-state index contributed by atoms with van der Waals surface area (Å²) in [5, 5.41) is 16.6. The first-order valence-corrected chi connectivity index (χ1v) is 5.26. The van der Waals surface area contributed by atoms with Crippen LogP contribution in [-0.4, -0.2) is 34.6 Å². The van der Waals surface area contributed by atoms with Gasteiger partial charge >= 0.3 is 0 Å². The zero-order valence-electron chi connectivity index (χ0n) is 8.11. The smallest absolute Gasteiger partial charge is 0.0644 e. The Labute approximate surface area is 82.9 Å². The van der Waals surface area contributed by atoms with Crippen molar-refractivity contribution in [3.63, 3.8) is 0 Å². The monoisotopic (exact) mass is 193 g/mol. The molecule has 4 nitrogen and oxygen atoms in total. The average Bonchev–Trinajstić information content (AvgIpc) is 2.78. The minimum absolute atomic E-state index is 0.182. The molecule has 0 bridgehead atoms. The summed E-state index contributed by atoms with van der Waals surface area (Å²) in [6.07, 6.45) is 3.12. The van der Waals surface area contributed by atoms with Gasteiger partial charge in [-0.15, -0.1) is 0 Å². The summed E-state index contributed by atoms with van der Waals surface area (Å²) in [5.74, 6) is 1.45.